The van der Waals surface area contributed by atoms with Crippen molar-refractivity contribution in [1.29, 1.82) is 0 Å². The summed E-state index contributed by atoms with van der Waals surface area (Å²) in [6.45, 7) is 11.1. The zero-order chi connectivity index (χ0) is 12.0. The summed E-state index contributed by atoms with van der Waals surface area (Å²) in [5.74, 6) is 0.553. The van der Waals surface area contributed by atoms with Crippen molar-refractivity contribution in [3.8, 4) is 0 Å². The lowest BCUT2D eigenvalue weighted by molar-refractivity contribution is -0.133. The molecule has 0 spiro atoms. The molecule has 0 rings (SSSR count). The first-order chi connectivity index (χ1) is 6.90. The Balaban J connectivity index is 4.25. The average molecular weight is 214 g/mol. The second-order valence-corrected chi connectivity index (χ2v) is 4.79. The fourth-order valence-corrected chi connectivity index (χ4v) is 1.47. The molecule has 0 aromatic rings. The Hall–Kier alpha value is -0.570. The summed E-state index contributed by atoms with van der Waals surface area (Å²) >= 11 is 0. The molecule has 90 valence electrons. The summed E-state index contributed by atoms with van der Waals surface area (Å²) in [5, 5.41) is 0. The van der Waals surface area contributed by atoms with E-state index >= 15 is 0 Å². The van der Waals surface area contributed by atoms with Gasteiger partial charge in [0.1, 0.15) is 0 Å². The molecule has 2 N–H and O–H groups in total. The fraction of sp³-hybridized carbons (Fsp3) is 0.917. The molecule has 0 aromatic heterocycles. The highest BCUT2D eigenvalue weighted by Crippen LogP contribution is 2.08. The highest BCUT2D eigenvalue weighted by atomic mass is 16.2. The lowest BCUT2D eigenvalue weighted by Crippen LogP contribution is -2.41. The van der Waals surface area contributed by atoms with Crippen molar-refractivity contribution < 1.29 is 4.79 Å². The van der Waals surface area contributed by atoms with Crippen molar-refractivity contribution in [2.24, 2.45) is 11.7 Å². The van der Waals surface area contributed by atoms with Crippen molar-refractivity contribution in [2.45, 2.75) is 59.5 Å². The molecule has 1 unspecified atom stereocenters. The van der Waals surface area contributed by atoms with Crippen LogP contribution >= 0.6 is 0 Å². The van der Waals surface area contributed by atoms with Crippen LogP contribution in [0.15, 0.2) is 0 Å². The molecule has 0 aliphatic rings. The van der Waals surface area contributed by atoms with Crippen LogP contribution in [0.2, 0.25) is 0 Å². The molecule has 1 atom stereocenters. The molecule has 0 aliphatic heterocycles. The van der Waals surface area contributed by atoms with Crippen molar-refractivity contribution in [1.82, 2.24) is 4.90 Å². The van der Waals surface area contributed by atoms with Crippen LogP contribution in [0.1, 0.15) is 47.5 Å². The number of amides is 1. The Morgan fingerprint density at radius 2 is 1.80 bits per heavy atom. The van der Waals surface area contributed by atoms with Crippen LogP contribution in [0.4, 0.5) is 0 Å². The first-order valence-electron chi connectivity index (χ1n) is 5.95. The molecule has 0 saturated heterocycles. The summed E-state index contributed by atoms with van der Waals surface area (Å²) in [4.78, 5) is 13.9. The Bertz CT molecular complexity index is 190. The van der Waals surface area contributed by atoms with Gasteiger partial charge in [0.05, 0.1) is 0 Å². The van der Waals surface area contributed by atoms with E-state index in [9.17, 15) is 4.79 Å². The van der Waals surface area contributed by atoms with Crippen molar-refractivity contribution in [2.75, 3.05) is 6.54 Å². The van der Waals surface area contributed by atoms with Crippen LogP contribution in [0, 0.1) is 5.92 Å². The van der Waals surface area contributed by atoms with Gasteiger partial charge in [-0.2, -0.15) is 0 Å². The largest absolute Gasteiger partial charge is 0.340 e. The summed E-state index contributed by atoms with van der Waals surface area (Å²) in [5.41, 5.74) is 5.90. The topological polar surface area (TPSA) is 46.3 Å². The number of carbonyl (C=O) groups is 1. The van der Waals surface area contributed by atoms with Gasteiger partial charge in [-0.15, -0.1) is 0 Å². The molecule has 0 aliphatic carbocycles. The van der Waals surface area contributed by atoms with E-state index in [0.29, 0.717) is 12.3 Å². The average Bonchev–Trinajstić information content (AvgIpc) is 2.12. The third-order valence-electron chi connectivity index (χ3n) is 2.67. The highest BCUT2D eigenvalue weighted by Gasteiger charge is 2.19. The maximum absolute atomic E-state index is 11.9. The molecule has 3 heteroatoms. The lowest BCUT2D eigenvalue weighted by Gasteiger charge is -2.28. The van der Waals surface area contributed by atoms with Crippen LogP contribution in [0.5, 0.6) is 0 Å². The van der Waals surface area contributed by atoms with E-state index in [1.165, 1.54) is 0 Å². The number of carbonyl (C=O) groups excluding carboxylic acids is 1. The molecule has 0 saturated carbocycles. The number of nitrogens with zero attached hydrogens (tertiary/aromatic N) is 1. The van der Waals surface area contributed by atoms with E-state index in [1.807, 2.05) is 4.90 Å². The van der Waals surface area contributed by atoms with Crippen LogP contribution in [0.3, 0.4) is 0 Å². The normalized spacial score (nSPS) is 13.3. The van der Waals surface area contributed by atoms with Gasteiger partial charge in [0.25, 0.3) is 0 Å². The monoisotopic (exact) mass is 214 g/mol. The maximum Gasteiger partial charge on any atom is 0.224 e. The Labute approximate surface area is 94.0 Å². The predicted octanol–water partition coefficient (Wildman–Crippen LogP) is 2.01. The van der Waals surface area contributed by atoms with E-state index in [-0.39, 0.29) is 18.0 Å². The van der Waals surface area contributed by atoms with Crippen molar-refractivity contribution in [3.63, 3.8) is 0 Å². The second kappa shape index (κ2) is 6.83. The molecule has 0 heterocycles. The maximum atomic E-state index is 11.9. The van der Waals surface area contributed by atoms with Gasteiger partial charge in [-0.05, 0) is 26.2 Å². The van der Waals surface area contributed by atoms with E-state index in [1.54, 1.807) is 0 Å². The molecule has 1 amide bonds. The van der Waals surface area contributed by atoms with E-state index in [4.69, 9.17) is 5.73 Å². The van der Waals surface area contributed by atoms with Gasteiger partial charge in [0.2, 0.25) is 5.91 Å². The van der Waals surface area contributed by atoms with Gasteiger partial charge in [-0.25, -0.2) is 0 Å². The molecule has 0 bridgehead atoms. The van der Waals surface area contributed by atoms with Gasteiger partial charge >= 0.3 is 0 Å². The predicted molar refractivity (Wildman–Crippen MR) is 64.6 cm³/mol. The van der Waals surface area contributed by atoms with E-state index in [0.717, 1.165) is 13.0 Å². The summed E-state index contributed by atoms with van der Waals surface area (Å²) < 4.78 is 0. The quantitative estimate of drug-likeness (QED) is 0.735. The van der Waals surface area contributed by atoms with Gasteiger partial charge in [-0.3, -0.25) is 4.79 Å². The third-order valence-corrected chi connectivity index (χ3v) is 2.67. The molecular formula is C12H26N2O. The van der Waals surface area contributed by atoms with Crippen LogP contribution < -0.4 is 5.73 Å². The molecule has 0 aromatic carbocycles. The minimum Gasteiger partial charge on any atom is -0.340 e. The molecular weight excluding hydrogens is 188 g/mol. The number of hydrogen-bond donors (Lipinski definition) is 1. The molecule has 0 radical (unpaired) electrons. The Kier molecular flexibility index (Phi) is 6.57. The van der Waals surface area contributed by atoms with Gasteiger partial charge < -0.3 is 10.6 Å². The fourth-order valence-electron chi connectivity index (χ4n) is 1.47. The highest BCUT2D eigenvalue weighted by molar-refractivity contribution is 5.77. The standard InChI is InChI=1S/C12H26N2O/c1-6-7-14(10(4)5)12(15)8-11(13)9(2)3/h9-11H,6-8,13H2,1-5H3. The minimum atomic E-state index is -0.0180. The third kappa shape index (κ3) is 5.17. The zero-order valence-electron chi connectivity index (χ0n) is 10.8. The summed E-state index contributed by atoms with van der Waals surface area (Å²) in [7, 11) is 0. The van der Waals surface area contributed by atoms with E-state index in [2.05, 4.69) is 34.6 Å². The van der Waals surface area contributed by atoms with Crippen LogP contribution in [0.25, 0.3) is 0 Å². The Morgan fingerprint density at radius 3 is 2.13 bits per heavy atom. The molecule has 0 fully saturated rings. The van der Waals surface area contributed by atoms with Crippen LogP contribution in [-0.4, -0.2) is 29.4 Å². The first-order valence-corrected chi connectivity index (χ1v) is 5.95. The van der Waals surface area contributed by atoms with Gasteiger partial charge in [0.15, 0.2) is 0 Å². The van der Waals surface area contributed by atoms with E-state index < -0.39 is 0 Å². The minimum absolute atomic E-state index is 0.0180. The second-order valence-electron chi connectivity index (χ2n) is 4.79. The summed E-state index contributed by atoms with van der Waals surface area (Å²) in [6, 6.07) is 0.257. The lowest BCUT2D eigenvalue weighted by atomic mass is 10.0. The smallest absolute Gasteiger partial charge is 0.224 e. The SMILES string of the molecule is CCCN(C(=O)CC(N)C(C)C)C(C)C. The number of rotatable bonds is 6. The Morgan fingerprint density at radius 1 is 1.27 bits per heavy atom. The number of nitrogens with two attached hydrogens (primary N) is 1. The van der Waals surface area contributed by atoms with Crippen LogP contribution in [-0.2, 0) is 4.79 Å². The molecule has 3 nitrogen and oxygen atoms in total. The zero-order valence-corrected chi connectivity index (χ0v) is 10.8. The summed E-state index contributed by atoms with van der Waals surface area (Å²) in [6.07, 6.45) is 1.47. The number of hydrogen-bond acceptors (Lipinski definition) is 2. The first kappa shape index (κ1) is 14.4. The van der Waals surface area contributed by atoms with Crippen molar-refractivity contribution >= 4 is 5.91 Å². The van der Waals surface area contributed by atoms with Gasteiger partial charge in [-0.1, -0.05) is 20.8 Å². The van der Waals surface area contributed by atoms with Gasteiger partial charge in [0, 0.05) is 25.0 Å². The van der Waals surface area contributed by atoms with Crippen molar-refractivity contribution in [3.05, 3.63) is 0 Å². The molecule has 15 heavy (non-hydrogen) atoms.